The molecule has 0 aromatic heterocycles. The van der Waals surface area contributed by atoms with Gasteiger partial charge in [-0.15, -0.1) is 0 Å². The molecule has 1 aliphatic rings. The zero-order chi connectivity index (χ0) is 23.8. The zero-order valence-corrected chi connectivity index (χ0v) is 20.5. The molecule has 0 unspecified atom stereocenters. The Labute approximate surface area is 198 Å². The molecule has 3 rings (SSSR count). The van der Waals surface area contributed by atoms with E-state index in [1.165, 1.54) is 12.0 Å². The van der Waals surface area contributed by atoms with Crippen LogP contribution in [0.1, 0.15) is 80.3 Å². The molecule has 1 saturated carbocycles. The van der Waals surface area contributed by atoms with E-state index in [4.69, 9.17) is 4.74 Å². The van der Waals surface area contributed by atoms with E-state index in [-0.39, 0.29) is 17.9 Å². The molecule has 0 saturated heterocycles. The number of aryl methyl sites for hydroxylation is 2. The third kappa shape index (κ3) is 7.08. The first-order valence-corrected chi connectivity index (χ1v) is 12.2. The van der Waals surface area contributed by atoms with Gasteiger partial charge in [0.25, 0.3) is 5.91 Å². The lowest BCUT2D eigenvalue weighted by Gasteiger charge is -2.25. The topological polar surface area (TPSA) is 67.4 Å². The van der Waals surface area contributed by atoms with E-state index < -0.39 is 5.41 Å². The summed E-state index contributed by atoms with van der Waals surface area (Å²) in [5, 5.41) is 6.15. The number of ether oxygens (including phenoxy) is 1. The number of anilines is 1. The van der Waals surface area contributed by atoms with Gasteiger partial charge in [-0.05, 0) is 68.9 Å². The number of hydrogen-bond acceptors (Lipinski definition) is 3. The molecule has 0 atom stereocenters. The molecule has 2 amide bonds. The van der Waals surface area contributed by atoms with E-state index in [9.17, 15) is 9.59 Å². The minimum Gasteiger partial charge on any atom is -0.493 e. The average molecular weight is 451 g/mol. The molecule has 1 fully saturated rings. The van der Waals surface area contributed by atoms with Crippen LogP contribution in [0.3, 0.4) is 0 Å². The highest BCUT2D eigenvalue weighted by Gasteiger charge is 2.28. The summed E-state index contributed by atoms with van der Waals surface area (Å²) in [4.78, 5) is 26.0. The average Bonchev–Trinajstić information content (AvgIpc) is 2.80. The lowest BCUT2D eigenvalue weighted by molar-refractivity contribution is -0.124. The van der Waals surface area contributed by atoms with Crippen molar-refractivity contribution in [3.8, 4) is 5.75 Å². The highest BCUT2D eigenvalue weighted by atomic mass is 16.5. The summed E-state index contributed by atoms with van der Waals surface area (Å²) in [5.74, 6) is 0.694. The van der Waals surface area contributed by atoms with Crippen LogP contribution >= 0.6 is 0 Å². The number of carbonyl (C=O) groups excluding carboxylic acids is 2. The Kier molecular flexibility index (Phi) is 8.54. The molecule has 2 aromatic rings. The van der Waals surface area contributed by atoms with Crippen molar-refractivity contribution in [1.29, 1.82) is 0 Å². The third-order valence-corrected chi connectivity index (χ3v) is 6.52. The van der Waals surface area contributed by atoms with Gasteiger partial charge in [0.1, 0.15) is 5.75 Å². The van der Waals surface area contributed by atoms with Crippen molar-refractivity contribution in [1.82, 2.24) is 5.32 Å². The Hall–Kier alpha value is -2.82. The van der Waals surface area contributed by atoms with Crippen LogP contribution in [0.2, 0.25) is 0 Å². The van der Waals surface area contributed by atoms with Crippen molar-refractivity contribution in [3.05, 3.63) is 59.2 Å². The van der Waals surface area contributed by atoms with Crippen LogP contribution in [0.15, 0.2) is 42.5 Å². The van der Waals surface area contributed by atoms with Gasteiger partial charge >= 0.3 is 0 Å². The SMILES string of the molecule is Cc1ccc(C)c(OCCCC(C)(C)C(=O)Nc2ccccc2C(=O)NC2CCCCC2)c1. The first-order chi connectivity index (χ1) is 15.8. The van der Waals surface area contributed by atoms with E-state index in [1.807, 2.05) is 45.9 Å². The van der Waals surface area contributed by atoms with E-state index in [2.05, 4.69) is 22.8 Å². The zero-order valence-electron chi connectivity index (χ0n) is 20.5. The van der Waals surface area contributed by atoms with Crippen LogP contribution < -0.4 is 15.4 Å². The van der Waals surface area contributed by atoms with E-state index in [0.717, 1.165) is 43.4 Å². The molecule has 0 radical (unpaired) electrons. The molecule has 2 aromatic carbocycles. The van der Waals surface area contributed by atoms with Gasteiger partial charge in [-0.1, -0.05) is 57.4 Å². The van der Waals surface area contributed by atoms with E-state index >= 15 is 0 Å². The largest absolute Gasteiger partial charge is 0.493 e. The minimum absolute atomic E-state index is 0.0906. The molecule has 2 N–H and O–H groups in total. The predicted molar refractivity (Wildman–Crippen MR) is 134 cm³/mol. The van der Waals surface area contributed by atoms with Crippen LogP contribution in [0.5, 0.6) is 5.75 Å². The lowest BCUT2D eigenvalue weighted by Crippen LogP contribution is -2.37. The second kappa shape index (κ2) is 11.4. The van der Waals surface area contributed by atoms with Crippen LogP contribution in [-0.4, -0.2) is 24.5 Å². The summed E-state index contributed by atoms with van der Waals surface area (Å²) in [6.45, 7) is 8.51. The number of rotatable bonds is 9. The van der Waals surface area contributed by atoms with Gasteiger partial charge in [0.15, 0.2) is 0 Å². The van der Waals surface area contributed by atoms with Crippen molar-refractivity contribution < 1.29 is 14.3 Å². The standard InChI is InChI=1S/C28H38N2O3/c1-20-15-16-21(2)25(19-20)33-18-10-17-28(3,4)27(32)30-24-14-9-8-13-23(24)26(31)29-22-11-6-5-7-12-22/h8-9,13-16,19,22H,5-7,10-12,17-18H2,1-4H3,(H,29,31)(H,30,32). The maximum Gasteiger partial charge on any atom is 0.253 e. The molecule has 178 valence electrons. The minimum atomic E-state index is -0.585. The quantitative estimate of drug-likeness (QED) is 0.448. The van der Waals surface area contributed by atoms with E-state index in [1.54, 1.807) is 12.1 Å². The summed E-state index contributed by atoms with van der Waals surface area (Å²) in [5.41, 5.74) is 2.78. The van der Waals surface area contributed by atoms with Gasteiger partial charge in [-0.2, -0.15) is 0 Å². The highest BCUT2D eigenvalue weighted by molar-refractivity contribution is 6.04. The van der Waals surface area contributed by atoms with E-state index in [0.29, 0.717) is 24.3 Å². The molecule has 5 nitrogen and oxygen atoms in total. The van der Waals surface area contributed by atoms with Crippen LogP contribution in [-0.2, 0) is 4.79 Å². The number of hydrogen-bond donors (Lipinski definition) is 2. The van der Waals surface area contributed by atoms with Gasteiger partial charge in [-0.25, -0.2) is 0 Å². The molecule has 0 spiro atoms. The Balaban J connectivity index is 1.54. The number of carbonyl (C=O) groups is 2. The molecular weight excluding hydrogens is 412 g/mol. The molecule has 33 heavy (non-hydrogen) atoms. The molecule has 0 bridgehead atoms. The number of nitrogens with one attached hydrogen (secondary N) is 2. The Morgan fingerprint density at radius 3 is 2.52 bits per heavy atom. The van der Waals surface area contributed by atoms with Crippen LogP contribution in [0.25, 0.3) is 0 Å². The lowest BCUT2D eigenvalue weighted by atomic mass is 9.86. The monoisotopic (exact) mass is 450 g/mol. The Morgan fingerprint density at radius 1 is 1.03 bits per heavy atom. The molecule has 5 heteroatoms. The number of amides is 2. The molecular formula is C28H38N2O3. The fourth-order valence-corrected chi connectivity index (χ4v) is 4.26. The van der Waals surface area contributed by atoms with Crippen molar-refractivity contribution in [2.45, 2.75) is 78.7 Å². The summed E-state index contributed by atoms with van der Waals surface area (Å²) < 4.78 is 5.95. The maximum atomic E-state index is 13.1. The fraction of sp³-hybridized carbons (Fsp3) is 0.500. The Morgan fingerprint density at radius 2 is 1.76 bits per heavy atom. The van der Waals surface area contributed by atoms with Gasteiger partial charge in [0, 0.05) is 11.5 Å². The first-order valence-electron chi connectivity index (χ1n) is 12.2. The number of para-hydroxylation sites is 1. The van der Waals surface area contributed by atoms with Crippen LogP contribution in [0, 0.1) is 19.3 Å². The smallest absolute Gasteiger partial charge is 0.253 e. The summed E-state index contributed by atoms with van der Waals surface area (Å²) in [7, 11) is 0. The summed E-state index contributed by atoms with van der Waals surface area (Å²) in [6.07, 6.45) is 7.05. The number of benzene rings is 2. The van der Waals surface area contributed by atoms with Crippen molar-refractivity contribution in [2.75, 3.05) is 11.9 Å². The Bertz CT molecular complexity index is 961. The molecule has 0 heterocycles. The molecule has 0 aliphatic heterocycles. The molecule has 1 aliphatic carbocycles. The normalized spacial score (nSPS) is 14.5. The third-order valence-electron chi connectivity index (χ3n) is 6.52. The van der Waals surface area contributed by atoms with Gasteiger partial charge in [-0.3, -0.25) is 9.59 Å². The summed E-state index contributed by atoms with van der Waals surface area (Å²) in [6, 6.07) is 13.7. The van der Waals surface area contributed by atoms with Gasteiger partial charge in [0.05, 0.1) is 17.9 Å². The second-order valence-electron chi connectivity index (χ2n) is 9.91. The maximum absolute atomic E-state index is 13.1. The second-order valence-corrected chi connectivity index (χ2v) is 9.91. The highest BCUT2D eigenvalue weighted by Crippen LogP contribution is 2.27. The predicted octanol–water partition coefficient (Wildman–Crippen LogP) is 6.19. The van der Waals surface area contributed by atoms with Gasteiger partial charge < -0.3 is 15.4 Å². The fourth-order valence-electron chi connectivity index (χ4n) is 4.26. The van der Waals surface area contributed by atoms with Crippen molar-refractivity contribution >= 4 is 17.5 Å². The first kappa shape index (κ1) is 24.8. The van der Waals surface area contributed by atoms with Gasteiger partial charge in [0.2, 0.25) is 5.91 Å². The van der Waals surface area contributed by atoms with Crippen molar-refractivity contribution in [3.63, 3.8) is 0 Å². The van der Waals surface area contributed by atoms with Crippen molar-refractivity contribution in [2.24, 2.45) is 5.41 Å². The summed E-state index contributed by atoms with van der Waals surface area (Å²) >= 11 is 0. The van der Waals surface area contributed by atoms with Crippen LogP contribution in [0.4, 0.5) is 5.69 Å².